The lowest BCUT2D eigenvalue weighted by Crippen LogP contribution is -2.35. The summed E-state index contributed by atoms with van der Waals surface area (Å²) in [6.07, 6.45) is 0.768. The smallest absolute Gasteiger partial charge is 0.227 e. The van der Waals surface area contributed by atoms with Crippen molar-refractivity contribution in [1.29, 1.82) is 5.26 Å². The summed E-state index contributed by atoms with van der Waals surface area (Å²) in [6.45, 7) is 3.90. The fourth-order valence-corrected chi connectivity index (χ4v) is 1.64. The zero-order chi connectivity index (χ0) is 12.8. The first kappa shape index (κ1) is 13.2. The Balaban J connectivity index is 2.63. The minimum absolute atomic E-state index is 0.0303. The molecule has 0 aromatic heterocycles. The second kappa shape index (κ2) is 6.05. The van der Waals surface area contributed by atoms with Crippen molar-refractivity contribution < 1.29 is 4.79 Å². The first-order chi connectivity index (χ1) is 8.04. The Morgan fingerprint density at radius 1 is 1.53 bits per heavy atom. The van der Waals surface area contributed by atoms with E-state index in [9.17, 15) is 4.79 Å². The van der Waals surface area contributed by atoms with Crippen LogP contribution in [0.3, 0.4) is 0 Å². The summed E-state index contributed by atoms with van der Waals surface area (Å²) in [5.74, 6) is 0.0540. The number of carbonyl (C=O) groups is 1. The summed E-state index contributed by atoms with van der Waals surface area (Å²) in [6, 6.07) is 9.98. The van der Waals surface area contributed by atoms with Gasteiger partial charge in [0.05, 0.1) is 18.9 Å². The number of benzene rings is 1. The third-order valence-electron chi connectivity index (χ3n) is 2.88. The molecule has 0 spiro atoms. The molecule has 0 aliphatic heterocycles. The maximum atomic E-state index is 12.0. The van der Waals surface area contributed by atoms with E-state index in [1.165, 1.54) is 0 Å². The third kappa shape index (κ3) is 3.92. The van der Waals surface area contributed by atoms with Crippen LogP contribution in [-0.2, 0) is 11.2 Å². The minimum atomic E-state index is -0.0303. The van der Waals surface area contributed by atoms with Gasteiger partial charge in [-0.25, -0.2) is 0 Å². The van der Waals surface area contributed by atoms with Crippen molar-refractivity contribution in [3.63, 3.8) is 0 Å². The maximum Gasteiger partial charge on any atom is 0.227 e. The van der Waals surface area contributed by atoms with Gasteiger partial charge in [-0.2, -0.15) is 5.26 Å². The number of hydrogen-bond donors (Lipinski definition) is 0. The molecule has 3 heteroatoms. The van der Waals surface area contributed by atoms with Gasteiger partial charge in [0.1, 0.15) is 0 Å². The van der Waals surface area contributed by atoms with Gasteiger partial charge in [-0.3, -0.25) is 4.79 Å². The first-order valence-corrected chi connectivity index (χ1v) is 5.72. The van der Waals surface area contributed by atoms with Crippen molar-refractivity contribution in [1.82, 2.24) is 4.90 Å². The second-order valence-electron chi connectivity index (χ2n) is 4.38. The number of likely N-dealkylation sites (N-methyl/N-ethyl adjacent to an activating group) is 1. The molecule has 0 radical (unpaired) electrons. The van der Waals surface area contributed by atoms with Gasteiger partial charge in [0, 0.05) is 13.1 Å². The molecule has 1 rings (SSSR count). The van der Waals surface area contributed by atoms with Crippen molar-refractivity contribution in [2.24, 2.45) is 0 Å². The number of amides is 1. The Kier molecular flexibility index (Phi) is 4.71. The Morgan fingerprint density at radius 3 is 2.82 bits per heavy atom. The van der Waals surface area contributed by atoms with Crippen molar-refractivity contribution in [2.45, 2.75) is 32.7 Å². The summed E-state index contributed by atoms with van der Waals surface area (Å²) >= 11 is 0. The molecule has 90 valence electrons. The minimum Gasteiger partial charge on any atom is -0.342 e. The number of aryl methyl sites for hydroxylation is 1. The van der Waals surface area contributed by atoms with Gasteiger partial charge < -0.3 is 4.90 Å². The van der Waals surface area contributed by atoms with E-state index in [1.807, 2.05) is 38.1 Å². The highest BCUT2D eigenvalue weighted by Gasteiger charge is 2.15. The molecule has 1 unspecified atom stereocenters. The van der Waals surface area contributed by atoms with Crippen LogP contribution in [-0.4, -0.2) is 23.9 Å². The van der Waals surface area contributed by atoms with E-state index in [2.05, 4.69) is 6.07 Å². The summed E-state index contributed by atoms with van der Waals surface area (Å²) in [4.78, 5) is 13.6. The standard InChI is InChI=1S/C14H18N2O/c1-11-5-4-6-13(9-11)10-14(17)16(3)12(2)7-8-15/h4-6,9,12H,7,10H2,1-3H3. The van der Waals surface area contributed by atoms with E-state index in [1.54, 1.807) is 11.9 Å². The number of rotatable bonds is 4. The fourth-order valence-electron chi connectivity index (χ4n) is 1.64. The van der Waals surface area contributed by atoms with Crippen LogP contribution in [0.1, 0.15) is 24.5 Å². The van der Waals surface area contributed by atoms with Crippen LogP contribution < -0.4 is 0 Å². The molecule has 3 nitrogen and oxygen atoms in total. The summed E-state index contributed by atoms with van der Waals surface area (Å²) in [5.41, 5.74) is 2.18. The predicted molar refractivity (Wildman–Crippen MR) is 67.3 cm³/mol. The predicted octanol–water partition coefficient (Wildman–Crippen LogP) is 2.30. The molecule has 0 bridgehead atoms. The monoisotopic (exact) mass is 230 g/mol. The number of hydrogen-bond acceptors (Lipinski definition) is 2. The molecule has 1 aromatic rings. The zero-order valence-corrected chi connectivity index (χ0v) is 10.6. The fraction of sp³-hybridized carbons (Fsp3) is 0.429. The average molecular weight is 230 g/mol. The van der Waals surface area contributed by atoms with Crippen LogP contribution in [0, 0.1) is 18.3 Å². The van der Waals surface area contributed by atoms with Gasteiger partial charge in [0.15, 0.2) is 0 Å². The Bertz CT molecular complexity index is 434. The van der Waals surface area contributed by atoms with E-state index in [-0.39, 0.29) is 11.9 Å². The Hall–Kier alpha value is -1.82. The van der Waals surface area contributed by atoms with Gasteiger partial charge in [-0.05, 0) is 19.4 Å². The normalized spacial score (nSPS) is 11.6. The molecular formula is C14H18N2O. The second-order valence-corrected chi connectivity index (χ2v) is 4.38. The molecule has 1 atom stereocenters. The SMILES string of the molecule is Cc1cccc(CC(=O)N(C)C(C)CC#N)c1. The van der Waals surface area contributed by atoms with Gasteiger partial charge in [0.25, 0.3) is 0 Å². The lowest BCUT2D eigenvalue weighted by molar-refractivity contribution is -0.130. The Morgan fingerprint density at radius 2 is 2.24 bits per heavy atom. The van der Waals surface area contributed by atoms with Crippen molar-refractivity contribution >= 4 is 5.91 Å². The molecular weight excluding hydrogens is 212 g/mol. The lowest BCUT2D eigenvalue weighted by atomic mass is 10.1. The summed E-state index contributed by atoms with van der Waals surface area (Å²) in [5, 5.41) is 8.61. The molecule has 0 saturated carbocycles. The summed E-state index contributed by atoms with van der Waals surface area (Å²) in [7, 11) is 1.75. The van der Waals surface area contributed by atoms with Crippen LogP contribution in [0.2, 0.25) is 0 Å². The number of nitriles is 1. The molecule has 0 saturated heterocycles. The third-order valence-corrected chi connectivity index (χ3v) is 2.88. The van der Waals surface area contributed by atoms with Gasteiger partial charge in [-0.1, -0.05) is 29.8 Å². The van der Waals surface area contributed by atoms with Crippen molar-refractivity contribution in [3.05, 3.63) is 35.4 Å². The van der Waals surface area contributed by atoms with E-state index < -0.39 is 0 Å². The van der Waals surface area contributed by atoms with E-state index in [0.29, 0.717) is 12.8 Å². The highest BCUT2D eigenvalue weighted by atomic mass is 16.2. The quantitative estimate of drug-likeness (QED) is 0.796. The largest absolute Gasteiger partial charge is 0.342 e. The molecule has 0 heterocycles. The van der Waals surface area contributed by atoms with Crippen LogP contribution >= 0.6 is 0 Å². The molecule has 0 aliphatic rings. The number of nitrogens with zero attached hydrogens (tertiary/aromatic N) is 2. The molecule has 0 aliphatic carbocycles. The zero-order valence-electron chi connectivity index (χ0n) is 10.6. The highest BCUT2D eigenvalue weighted by Crippen LogP contribution is 2.08. The summed E-state index contributed by atoms with van der Waals surface area (Å²) < 4.78 is 0. The molecule has 1 aromatic carbocycles. The lowest BCUT2D eigenvalue weighted by Gasteiger charge is -2.23. The van der Waals surface area contributed by atoms with Crippen molar-refractivity contribution in [3.8, 4) is 6.07 Å². The van der Waals surface area contributed by atoms with E-state index in [0.717, 1.165) is 11.1 Å². The topological polar surface area (TPSA) is 44.1 Å². The number of carbonyl (C=O) groups excluding carboxylic acids is 1. The molecule has 0 fully saturated rings. The Labute approximate surface area is 103 Å². The first-order valence-electron chi connectivity index (χ1n) is 5.72. The molecule has 1 amide bonds. The van der Waals surface area contributed by atoms with Gasteiger partial charge in [0.2, 0.25) is 5.91 Å². The van der Waals surface area contributed by atoms with Crippen LogP contribution in [0.5, 0.6) is 0 Å². The van der Waals surface area contributed by atoms with Crippen LogP contribution in [0.4, 0.5) is 0 Å². The van der Waals surface area contributed by atoms with E-state index in [4.69, 9.17) is 5.26 Å². The van der Waals surface area contributed by atoms with Gasteiger partial charge in [-0.15, -0.1) is 0 Å². The van der Waals surface area contributed by atoms with E-state index >= 15 is 0 Å². The van der Waals surface area contributed by atoms with Crippen molar-refractivity contribution in [2.75, 3.05) is 7.05 Å². The maximum absolute atomic E-state index is 12.0. The molecule has 0 N–H and O–H groups in total. The van der Waals surface area contributed by atoms with Crippen LogP contribution in [0.25, 0.3) is 0 Å². The van der Waals surface area contributed by atoms with Crippen LogP contribution in [0.15, 0.2) is 24.3 Å². The highest BCUT2D eigenvalue weighted by molar-refractivity contribution is 5.78. The van der Waals surface area contributed by atoms with Gasteiger partial charge >= 0.3 is 0 Å². The average Bonchev–Trinajstić information content (AvgIpc) is 2.28. The molecule has 17 heavy (non-hydrogen) atoms.